The third-order valence-corrected chi connectivity index (χ3v) is 11.0. The number of rotatable bonds is 27. The molecule has 0 bridgehead atoms. The molecule has 0 saturated carbocycles. The fourth-order valence-corrected chi connectivity index (χ4v) is 7.65. The maximum Gasteiger partial charge on any atom is 0.326 e. The predicted molar refractivity (Wildman–Crippen MR) is 233 cm³/mol. The number of aliphatic imine (C=N–C) groups is 1. The Morgan fingerprint density at radius 3 is 1.69 bits per heavy atom. The van der Waals surface area contributed by atoms with Crippen molar-refractivity contribution in [1.82, 2.24) is 31.1 Å². The second-order valence-electron chi connectivity index (χ2n) is 16.0. The summed E-state index contributed by atoms with van der Waals surface area (Å²) in [4.78, 5) is 125. The molecule has 7 atom stereocenters. The van der Waals surface area contributed by atoms with Crippen molar-refractivity contribution in [1.29, 1.82) is 0 Å². The van der Waals surface area contributed by atoms with Crippen molar-refractivity contribution in [2.75, 3.05) is 26.2 Å². The lowest BCUT2D eigenvalue weighted by Gasteiger charge is -2.32. The molecule has 0 spiro atoms. The smallest absolute Gasteiger partial charge is 0.326 e. The zero-order chi connectivity index (χ0) is 47.3. The number of nitrogens with zero attached hydrogens (tertiary/aromatic N) is 3. The van der Waals surface area contributed by atoms with Crippen LogP contribution in [0.15, 0.2) is 35.3 Å². The third kappa shape index (κ3) is 16.7. The fourth-order valence-electron chi connectivity index (χ4n) is 7.65. The summed E-state index contributed by atoms with van der Waals surface area (Å²) in [6, 6.07) is 0.0622. The monoisotopic (exact) mass is 899 g/mol. The minimum atomic E-state index is -1.49. The number of carbonyl (C=O) groups is 9. The maximum atomic E-state index is 14.3. The summed E-state index contributed by atoms with van der Waals surface area (Å²) in [7, 11) is 0. The number of hydrogen-bond acceptors (Lipinski definition) is 12. The Bertz CT molecular complexity index is 1830. The second kappa shape index (κ2) is 26.3. The summed E-state index contributed by atoms with van der Waals surface area (Å²) in [5, 5.41) is 20.1. The number of amides is 8. The van der Waals surface area contributed by atoms with Gasteiger partial charge in [-0.2, -0.15) is 0 Å². The summed E-state index contributed by atoms with van der Waals surface area (Å²) >= 11 is 0. The number of carboxylic acid groups (broad SMARTS) is 1. The molecule has 2 aliphatic rings. The number of hydrogen-bond donors (Lipinski definition) is 11. The van der Waals surface area contributed by atoms with E-state index in [1.807, 2.05) is 0 Å². The highest BCUT2D eigenvalue weighted by Crippen LogP contribution is 2.23. The topological polar surface area (TPSA) is 397 Å². The molecule has 0 aromatic heterocycles. The van der Waals surface area contributed by atoms with E-state index in [2.05, 4.69) is 26.3 Å². The number of nitrogens with one attached hydrogen (secondary N) is 4. The molecule has 8 amide bonds. The first-order valence-corrected chi connectivity index (χ1v) is 21.6. The standard InChI is InChI=1S/C41H65N13O10/c42-19-5-4-12-28(51-37(60)30-13-7-21-53(30)38(61)25(43)11-6-20-48-41(46)47)39(62)54-22-8-14-31(54)36(59)50-27(16-18-33(45)56)34(57)49-26(15-17-32(44)55)35(58)52-29(40(63)64)23-24-9-2-1-3-10-24/h1-3,9-10,25-31H,4-8,11-23,42-43H2,(H2,44,55)(H2,45,56)(H,49,57)(H,50,59)(H,51,60)(H,52,58)(H,63,64)(H4,46,47,48)/t25-,26-,27+,28+,29-,30+,31+/m0/s1. The van der Waals surface area contributed by atoms with E-state index in [-0.39, 0.29) is 77.0 Å². The van der Waals surface area contributed by atoms with E-state index in [1.54, 1.807) is 30.3 Å². The van der Waals surface area contributed by atoms with Crippen LogP contribution >= 0.6 is 0 Å². The van der Waals surface area contributed by atoms with Gasteiger partial charge in [-0.3, -0.25) is 43.3 Å². The minimum Gasteiger partial charge on any atom is -0.480 e. The summed E-state index contributed by atoms with van der Waals surface area (Å²) in [5.41, 5.74) is 34.0. The molecule has 64 heavy (non-hydrogen) atoms. The van der Waals surface area contributed by atoms with E-state index >= 15 is 0 Å². The molecule has 354 valence electrons. The summed E-state index contributed by atoms with van der Waals surface area (Å²) < 4.78 is 0. The van der Waals surface area contributed by atoms with E-state index in [0.29, 0.717) is 50.6 Å². The van der Waals surface area contributed by atoms with Crippen LogP contribution in [-0.2, 0) is 49.6 Å². The number of guanidine groups is 1. The van der Waals surface area contributed by atoms with Crippen LogP contribution in [0.2, 0.25) is 0 Å². The quantitative estimate of drug-likeness (QED) is 0.0230. The number of carbonyl (C=O) groups excluding carboxylic acids is 8. The van der Waals surface area contributed by atoms with Crippen LogP contribution in [0.1, 0.15) is 89.0 Å². The van der Waals surface area contributed by atoms with E-state index in [1.165, 1.54) is 9.80 Å². The lowest BCUT2D eigenvalue weighted by atomic mass is 10.0. The van der Waals surface area contributed by atoms with Crippen LogP contribution in [0.25, 0.3) is 0 Å². The first-order valence-electron chi connectivity index (χ1n) is 21.6. The number of unbranched alkanes of at least 4 members (excludes halogenated alkanes) is 1. The van der Waals surface area contributed by atoms with Gasteiger partial charge < -0.3 is 70.6 Å². The average molecular weight is 900 g/mol. The van der Waals surface area contributed by atoms with Crippen molar-refractivity contribution in [2.45, 2.75) is 132 Å². The van der Waals surface area contributed by atoms with Gasteiger partial charge in [0.2, 0.25) is 47.3 Å². The lowest BCUT2D eigenvalue weighted by molar-refractivity contribution is -0.144. The average Bonchev–Trinajstić information content (AvgIpc) is 3.95. The lowest BCUT2D eigenvalue weighted by Crippen LogP contribution is -2.59. The molecule has 1 aromatic rings. The third-order valence-electron chi connectivity index (χ3n) is 11.0. The minimum absolute atomic E-state index is 0.0828. The Kier molecular flexibility index (Phi) is 21.4. The van der Waals surface area contributed by atoms with Crippen LogP contribution in [0.3, 0.4) is 0 Å². The zero-order valence-electron chi connectivity index (χ0n) is 36.1. The molecule has 2 heterocycles. The van der Waals surface area contributed by atoms with Gasteiger partial charge in [-0.1, -0.05) is 30.3 Å². The van der Waals surface area contributed by atoms with Crippen molar-refractivity contribution in [3.05, 3.63) is 35.9 Å². The van der Waals surface area contributed by atoms with Crippen LogP contribution in [0, 0.1) is 0 Å². The van der Waals surface area contributed by atoms with Crippen molar-refractivity contribution in [3.8, 4) is 0 Å². The summed E-state index contributed by atoms with van der Waals surface area (Å²) in [5.74, 6) is -7.27. The molecule has 23 nitrogen and oxygen atoms in total. The van der Waals surface area contributed by atoms with Gasteiger partial charge in [0.25, 0.3) is 0 Å². The van der Waals surface area contributed by atoms with Gasteiger partial charge in [-0.05, 0) is 82.7 Å². The highest BCUT2D eigenvalue weighted by molar-refractivity contribution is 5.97. The molecule has 1 aromatic carbocycles. The molecule has 3 rings (SSSR count). The maximum absolute atomic E-state index is 14.3. The Morgan fingerprint density at radius 1 is 0.656 bits per heavy atom. The van der Waals surface area contributed by atoms with E-state index in [9.17, 15) is 48.3 Å². The number of nitrogens with two attached hydrogens (primary N) is 6. The van der Waals surface area contributed by atoms with Crippen LogP contribution in [0.5, 0.6) is 0 Å². The van der Waals surface area contributed by atoms with Crippen molar-refractivity contribution in [2.24, 2.45) is 39.4 Å². The number of aliphatic carboxylic acids is 1. The molecule has 0 unspecified atom stereocenters. The van der Waals surface area contributed by atoms with Gasteiger partial charge in [0.1, 0.15) is 36.3 Å². The highest BCUT2D eigenvalue weighted by atomic mass is 16.4. The van der Waals surface area contributed by atoms with E-state index in [0.717, 1.165) is 0 Å². The summed E-state index contributed by atoms with van der Waals surface area (Å²) in [6.07, 6.45) is 1.81. The van der Waals surface area contributed by atoms with Crippen molar-refractivity contribution >= 4 is 59.2 Å². The Hall–Kier alpha value is -6.36. The first kappa shape index (κ1) is 52.0. The fraction of sp³-hybridized carbons (Fsp3) is 0.610. The predicted octanol–water partition coefficient (Wildman–Crippen LogP) is -3.72. The molecule has 17 N–H and O–H groups in total. The zero-order valence-corrected chi connectivity index (χ0v) is 36.1. The number of carboxylic acids is 1. The van der Waals surface area contributed by atoms with Crippen molar-refractivity contribution < 1.29 is 48.3 Å². The number of benzene rings is 1. The molecule has 0 radical (unpaired) electrons. The van der Waals surface area contributed by atoms with Crippen LogP contribution < -0.4 is 55.7 Å². The van der Waals surface area contributed by atoms with Gasteiger partial charge in [0.15, 0.2) is 5.96 Å². The Morgan fingerprint density at radius 2 is 1.17 bits per heavy atom. The first-order chi connectivity index (χ1) is 30.4. The second-order valence-corrected chi connectivity index (χ2v) is 16.0. The summed E-state index contributed by atoms with van der Waals surface area (Å²) in [6.45, 7) is 1.02. The molecular formula is C41H65N13O10. The normalized spacial score (nSPS) is 18.1. The molecule has 2 fully saturated rings. The van der Waals surface area contributed by atoms with Gasteiger partial charge in [-0.15, -0.1) is 0 Å². The molecular weight excluding hydrogens is 835 g/mol. The molecule has 2 aliphatic heterocycles. The SMILES string of the molecule is NCCCC[C@@H](NC(=O)[C@H]1CCCN1C(=O)[C@@H](N)CCCN=C(N)N)C(=O)N1CCC[C@@H]1C(=O)N[C@H](CCC(N)=O)C(=O)N[C@@H](CCC(N)=O)C(=O)N[C@@H](Cc1ccccc1)C(=O)O. The van der Waals surface area contributed by atoms with Crippen molar-refractivity contribution in [3.63, 3.8) is 0 Å². The Balaban J connectivity index is 1.77. The van der Waals surface area contributed by atoms with Gasteiger partial charge in [0, 0.05) is 38.9 Å². The van der Waals surface area contributed by atoms with Gasteiger partial charge in [0.05, 0.1) is 6.04 Å². The van der Waals surface area contributed by atoms with Crippen LogP contribution in [0.4, 0.5) is 0 Å². The van der Waals surface area contributed by atoms with Gasteiger partial charge >= 0.3 is 5.97 Å². The molecule has 0 aliphatic carbocycles. The highest BCUT2D eigenvalue weighted by Gasteiger charge is 2.42. The number of likely N-dealkylation sites (tertiary alicyclic amines) is 2. The largest absolute Gasteiger partial charge is 0.480 e. The molecule has 23 heteroatoms. The Labute approximate surface area is 371 Å². The van der Waals surface area contributed by atoms with Crippen LogP contribution in [-0.4, -0.2) is 143 Å². The number of primary amides is 2. The van der Waals surface area contributed by atoms with E-state index < -0.39 is 95.5 Å². The molecule has 2 saturated heterocycles. The van der Waals surface area contributed by atoms with Gasteiger partial charge in [-0.25, -0.2) is 4.79 Å². The van der Waals surface area contributed by atoms with E-state index in [4.69, 9.17) is 34.4 Å².